The molecule has 0 aliphatic heterocycles. The molecule has 0 unspecified atom stereocenters. The van der Waals surface area contributed by atoms with E-state index >= 15 is 0 Å². The number of nitrogens with two attached hydrogens (primary N) is 1. The van der Waals surface area contributed by atoms with Crippen molar-refractivity contribution < 1.29 is 9.21 Å². The lowest BCUT2D eigenvalue weighted by molar-refractivity contribution is 0.102. The molecule has 0 aliphatic rings. The molecule has 4 N–H and O–H groups in total. The summed E-state index contributed by atoms with van der Waals surface area (Å²) in [4.78, 5) is 15.1. The molecule has 0 fully saturated rings. The van der Waals surface area contributed by atoms with Gasteiger partial charge in [0, 0.05) is 29.7 Å². The summed E-state index contributed by atoms with van der Waals surface area (Å²) in [6.07, 6.45) is 1.61. The van der Waals surface area contributed by atoms with E-state index < -0.39 is 0 Å². The van der Waals surface area contributed by atoms with Gasteiger partial charge in [0.2, 0.25) is 5.89 Å². The Kier molecular flexibility index (Phi) is 2.45. The van der Waals surface area contributed by atoms with Crippen molar-refractivity contribution in [3.63, 3.8) is 0 Å². The molecule has 1 aromatic carbocycles. The third kappa shape index (κ3) is 2.01. The van der Waals surface area contributed by atoms with Gasteiger partial charge in [-0.15, -0.1) is 5.10 Å². The average molecular weight is 257 g/mol. The predicted molar refractivity (Wildman–Crippen MR) is 69.7 cm³/mol. The Hall–Kier alpha value is -2.83. The monoisotopic (exact) mass is 257 g/mol. The maximum atomic E-state index is 12.1. The van der Waals surface area contributed by atoms with Crippen LogP contribution in [0.1, 0.15) is 16.2 Å². The number of hydrogen-bond donors (Lipinski definition) is 3. The Labute approximate surface area is 107 Å². The summed E-state index contributed by atoms with van der Waals surface area (Å²) >= 11 is 0. The second-order valence-electron chi connectivity index (χ2n) is 4.09. The van der Waals surface area contributed by atoms with Gasteiger partial charge in [-0.1, -0.05) is 5.10 Å². The third-order valence-corrected chi connectivity index (χ3v) is 2.70. The molecule has 7 nitrogen and oxygen atoms in total. The Morgan fingerprint density at radius 1 is 1.42 bits per heavy atom. The van der Waals surface area contributed by atoms with E-state index in [4.69, 9.17) is 10.2 Å². The Morgan fingerprint density at radius 2 is 2.26 bits per heavy atom. The van der Waals surface area contributed by atoms with Crippen LogP contribution >= 0.6 is 0 Å². The van der Waals surface area contributed by atoms with Crippen LogP contribution in [-0.4, -0.2) is 21.1 Å². The van der Waals surface area contributed by atoms with E-state index in [2.05, 4.69) is 20.5 Å². The summed E-state index contributed by atoms with van der Waals surface area (Å²) in [6, 6.07) is 5.37. The number of H-pyrrole nitrogens is 1. The van der Waals surface area contributed by atoms with Crippen LogP contribution < -0.4 is 11.1 Å². The lowest BCUT2D eigenvalue weighted by Gasteiger charge is -1.99. The number of rotatable bonds is 2. The Balaban J connectivity index is 1.93. The third-order valence-electron chi connectivity index (χ3n) is 2.70. The van der Waals surface area contributed by atoms with Gasteiger partial charge in [0.15, 0.2) is 0 Å². The number of nitrogen functional groups attached to an aromatic ring is 1. The highest BCUT2D eigenvalue weighted by Crippen LogP contribution is 2.21. The molecule has 19 heavy (non-hydrogen) atoms. The molecule has 0 spiro atoms. The van der Waals surface area contributed by atoms with E-state index in [0.717, 1.165) is 10.9 Å². The number of benzene rings is 1. The molecule has 0 atom stereocenters. The first-order valence-electron chi connectivity index (χ1n) is 5.61. The van der Waals surface area contributed by atoms with Crippen LogP contribution in [0.4, 0.5) is 11.7 Å². The largest absolute Gasteiger partial charge is 0.408 e. The normalized spacial score (nSPS) is 10.8. The molecule has 1 amide bonds. The smallest absolute Gasteiger partial charge is 0.322 e. The highest BCUT2D eigenvalue weighted by Gasteiger charge is 2.14. The van der Waals surface area contributed by atoms with Crippen LogP contribution in [0.25, 0.3) is 10.9 Å². The van der Waals surface area contributed by atoms with Crippen molar-refractivity contribution >= 4 is 28.5 Å². The molecule has 0 bridgehead atoms. The number of fused-ring (bicyclic) bond motifs is 1. The SMILES string of the molecule is Cc1nnc(NC(=O)c2c[nH]c3cc(N)ccc23)o1. The van der Waals surface area contributed by atoms with Crippen molar-refractivity contribution in [1.82, 2.24) is 15.2 Å². The number of carbonyl (C=O) groups excluding carboxylic acids is 1. The second kappa shape index (κ2) is 4.13. The molecule has 0 radical (unpaired) electrons. The Morgan fingerprint density at radius 3 is 3.00 bits per heavy atom. The van der Waals surface area contributed by atoms with Crippen molar-refractivity contribution in [3.05, 3.63) is 35.9 Å². The highest BCUT2D eigenvalue weighted by atomic mass is 16.4. The maximum Gasteiger partial charge on any atom is 0.322 e. The molecule has 3 rings (SSSR count). The topological polar surface area (TPSA) is 110 Å². The van der Waals surface area contributed by atoms with Gasteiger partial charge >= 0.3 is 6.01 Å². The molecule has 0 saturated carbocycles. The summed E-state index contributed by atoms with van der Waals surface area (Å²) in [7, 11) is 0. The van der Waals surface area contributed by atoms with Crippen LogP contribution in [-0.2, 0) is 0 Å². The first-order valence-corrected chi connectivity index (χ1v) is 5.61. The minimum atomic E-state index is -0.320. The number of hydrogen-bond acceptors (Lipinski definition) is 5. The summed E-state index contributed by atoms with van der Waals surface area (Å²) in [5.74, 6) is 0.0710. The van der Waals surface area contributed by atoms with Gasteiger partial charge in [-0.25, -0.2) is 0 Å². The molecule has 0 saturated heterocycles. The number of anilines is 2. The molecule has 96 valence electrons. The minimum absolute atomic E-state index is 0.0762. The summed E-state index contributed by atoms with van der Waals surface area (Å²) in [5.41, 5.74) is 7.60. The lowest BCUT2D eigenvalue weighted by atomic mass is 10.1. The van der Waals surface area contributed by atoms with Crippen LogP contribution in [0, 0.1) is 6.92 Å². The first kappa shape index (κ1) is 11.3. The zero-order valence-electron chi connectivity index (χ0n) is 10.1. The number of aromatic amines is 1. The number of aromatic nitrogens is 3. The van der Waals surface area contributed by atoms with Gasteiger partial charge in [-0.2, -0.15) is 0 Å². The fourth-order valence-corrected chi connectivity index (χ4v) is 1.84. The number of aryl methyl sites for hydroxylation is 1. The number of nitrogens with one attached hydrogen (secondary N) is 2. The van der Waals surface area contributed by atoms with Crippen molar-refractivity contribution in [1.29, 1.82) is 0 Å². The molecular weight excluding hydrogens is 246 g/mol. The minimum Gasteiger partial charge on any atom is -0.408 e. The molecule has 0 aliphatic carbocycles. The molecule has 2 aromatic heterocycles. The van der Waals surface area contributed by atoms with Crippen LogP contribution in [0.3, 0.4) is 0 Å². The lowest BCUT2D eigenvalue weighted by Crippen LogP contribution is -2.11. The highest BCUT2D eigenvalue weighted by molar-refractivity contribution is 6.12. The Bertz CT molecular complexity index is 758. The van der Waals surface area contributed by atoms with Gasteiger partial charge in [-0.3, -0.25) is 10.1 Å². The predicted octanol–water partition coefficient (Wildman–Crippen LogP) is 1.69. The maximum absolute atomic E-state index is 12.1. The van der Waals surface area contributed by atoms with Crippen LogP contribution in [0.15, 0.2) is 28.8 Å². The second-order valence-corrected chi connectivity index (χ2v) is 4.09. The van der Waals surface area contributed by atoms with E-state index in [9.17, 15) is 4.79 Å². The number of amides is 1. The summed E-state index contributed by atoms with van der Waals surface area (Å²) in [6.45, 7) is 1.65. The quantitative estimate of drug-likeness (QED) is 0.605. The first-order chi connectivity index (χ1) is 9.13. The van der Waals surface area contributed by atoms with E-state index in [-0.39, 0.29) is 11.9 Å². The summed E-state index contributed by atoms with van der Waals surface area (Å²) in [5, 5.41) is 10.7. The van der Waals surface area contributed by atoms with Crippen molar-refractivity contribution in [2.45, 2.75) is 6.92 Å². The van der Waals surface area contributed by atoms with Gasteiger partial charge in [-0.05, 0) is 18.2 Å². The fraction of sp³-hybridized carbons (Fsp3) is 0.0833. The molecule has 7 heteroatoms. The van der Waals surface area contributed by atoms with Crippen molar-refractivity contribution in [2.24, 2.45) is 0 Å². The molecule has 2 heterocycles. The van der Waals surface area contributed by atoms with E-state index in [1.165, 1.54) is 0 Å². The zero-order valence-corrected chi connectivity index (χ0v) is 10.1. The van der Waals surface area contributed by atoms with Crippen molar-refractivity contribution in [3.8, 4) is 0 Å². The average Bonchev–Trinajstić information content (AvgIpc) is 2.95. The van der Waals surface area contributed by atoms with Gasteiger partial charge in [0.25, 0.3) is 5.91 Å². The standard InChI is InChI=1S/C12H11N5O2/c1-6-16-17-12(19-6)15-11(18)9-5-14-10-4-7(13)2-3-8(9)10/h2-5,14H,13H2,1H3,(H,15,17,18). The van der Waals surface area contributed by atoms with Crippen LogP contribution in [0.5, 0.6) is 0 Å². The molecule has 3 aromatic rings. The van der Waals surface area contributed by atoms with Gasteiger partial charge in [0.1, 0.15) is 0 Å². The molecular formula is C12H11N5O2. The van der Waals surface area contributed by atoms with Crippen LogP contribution in [0.2, 0.25) is 0 Å². The van der Waals surface area contributed by atoms with E-state index in [1.54, 1.807) is 31.3 Å². The van der Waals surface area contributed by atoms with Crippen molar-refractivity contribution in [2.75, 3.05) is 11.1 Å². The van der Waals surface area contributed by atoms with Gasteiger partial charge < -0.3 is 15.1 Å². The van der Waals surface area contributed by atoms with E-state index in [0.29, 0.717) is 17.1 Å². The number of carbonyl (C=O) groups is 1. The fourth-order valence-electron chi connectivity index (χ4n) is 1.84. The van der Waals surface area contributed by atoms with Gasteiger partial charge in [0.05, 0.1) is 5.56 Å². The summed E-state index contributed by atoms with van der Waals surface area (Å²) < 4.78 is 5.10. The van der Waals surface area contributed by atoms with E-state index in [1.807, 2.05) is 0 Å². The number of nitrogens with zero attached hydrogens (tertiary/aromatic N) is 2. The zero-order chi connectivity index (χ0) is 13.4.